The van der Waals surface area contributed by atoms with Gasteiger partial charge in [-0.2, -0.15) is 4.98 Å². The lowest BCUT2D eigenvalue weighted by molar-refractivity contribution is -0.131. The molecule has 0 aliphatic carbocycles. The quantitative estimate of drug-likeness (QED) is 0.432. The number of aromatic nitrogens is 2. The molecule has 2 fully saturated rings. The predicted octanol–water partition coefficient (Wildman–Crippen LogP) is 3.93. The van der Waals surface area contributed by atoms with Crippen LogP contribution >= 0.6 is 11.6 Å². The first kappa shape index (κ1) is 29.4. The molecule has 12 heteroatoms. The summed E-state index contributed by atoms with van der Waals surface area (Å²) in [5.41, 5.74) is 2.04. The molecule has 0 spiro atoms. The van der Waals surface area contributed by atoms with Crippen LogP contribution in [0.25, 0.3) is 0 Å². The van der Waals surface area contributed by atoms with Crippen molar-refractivity contribution >= 4 is 46.4 Å². The topological polar surface area (TPSA) is 112 Å². The molecule has 2 aliphatic rings. The number of piperidine rings is 2. The Balaban J connectivity index is 1.58. The van der Waals surface area contributed by atoms with Crippen molar-refractivity contribution in [3.63, 3.8) is 0 Å². The third-order valence-corrected chi connectivity index (χ3v) is 7.62. The maximum atomic E-state index is 12.3. The molecule has 0 saturated carbocycles. The van der Waals surface area contributed by atoms with Crippen LogP contribution in [0.2, 0.25) is 5.02 Å². The van der Waals surface area contributed by atoms with E-state index in [1.54, 1.807) is 25.0 Å². The lowest BCUT2D eigenvalue weighted by atomic mass is 10.0. The summed E-state index contributed by atoms with van der Waals surface area (Å²) < 4.78 is 11.8. The Bertz CT molecular complexity index is 1230. The van der Waals surface area contributed by atoms with E-state index in [1.165, 1.54) is 12.3 Å². The fraction of sp³-hybridized carbons (Fsp3) is 0.500. The average molecular weight is 572 g/mol. The van der Waals surface area contributed by atoms with Gasteiger partial charge < -0.3 is 34.8 Å². The van der Waals surface area contributed by atoms with Crippen molar-refractivity contribution in [2.75, 3.05) is 62.9 Å². The molecule has 40 heavy (non-hydrogen) atoms. The molecule has 2 aromatic rings. The van der Waals surface area contributed by atoms with E-state index in [1.807, 2.05) is 6.07 Å². The summed E-state index contributed by atoms with van der Waals surface area (Å²) in [4.78, 5) is 39.2. The highest BCUT2D eigenvalue weighted by atomic mass is 35.5. The zero-order chi connectivity index (χ0) is 28.8. The van der Waals surface area contributed by atoms with Gasteiger partial charge in [0.05, 0.1) is 36.9 Å². The molecule has 1 unspecified atom stereocenters. The van der Waals surface area contributed by atoms with E-state index < -0.39 is 0 Å². The molecule has 0 bridgehead atoms. The minimum atomic E-state index is -0.314. The first-order valence-electron chi connectivity index (χ1n) is 13.5. The van der Waals surface area contributed by atoms with Gasteiger partial charge >= 0.3 is 0 Å². The Labute approximate surface area is 240 Å². The Morgan fingerprint density at radius 2 is 1.93 bits per heavy atom. The summed E-state index contributed by atoms with van der Waals surface area (Å²) in [5.74, 6) is 0.741. The minimum Gasteiger partial charge on any atom is -0.494 e. The maximum Gasteiger partial charge on any atom is 0.247 e. The SMILES string of the molecule is C=CC(=O)Nc1cc(Nc2ncc(Cl)c(OC3CCCN(C(C)=O)C3)n2)c(OC)cc1N1CCC(N(C)C)CC1. The largest absolute Gasteiger partial charge is 0.494 e. The molecule has 11 nitrogen and oxygen atoms in total. The van der Waals surface area contributed by atoms with E-state index in [0.29, 0.717) is 36.3 Å². The maximum absolute atomic E-state index is 12.3. The fourth-order valence-electron chi connectivity index (χ4n) is 5.10. The van der Waals surface area contributed by atoms with Crippen molar-refractivity contribution in [1.82, 2.24) is 19.8 Å². The minimum absolute atomic E-state index is 0.0152. The molecule has 1 aromatic heterocycles. The number of methoxy groups -OCH3 is 1. The number of benzene rings is 1. The molecule has 3 heterocycles. The van der Waals surface area contributed by atoms with E-state index in [4.69, 9.17) is 21.1 Å². The highest BCUT2D eigenvalue weighted by Gasteiger charge is 2.26. The lowest BCUT2D eigenvalue weighted by Gasteiger charge is -2.37. The van der Waals surface area contributed by atoms with Crippen molar-refractivity contribution in [2.24, 2.45) is 0 Å². The zero-order valence-electron chi connectivity index (χ0n) is 23.6. The third kappa shape index (κ3) is 7.14. The van der Waals surface area contributed by atoms with Gasteiger partial charge in [-0.1, -0.05) is 18.2 Å². The second-order valence-corrected chi connectivity index (χ2v) is 10.7. The van der Waals surface area contributed by atoms with Crippen molar-refractivity contribution in [3.05, 3.63) is 36.0 Å². The molecule has 216 valence electrons. The van der Waals surface area contributed by atoms with Crippen molar-refractivity contribution in [2.45, 2.75) is 44.8 Å². The van der Waals surface area contributed by atoms with E-state index in [-0.39, 0.29) is 34.8 Å². The van der Waals surface area contributed by atoms with Crippen LogP contribution in [0, 0.1) is 0 Å². The van der Waals surface area contributed by atoms with Gasteiger partial charge in [0, 0.05) is 38.7 Å². The first-order valence-corrected chi connectivity index (χ1v) is 13.8. The smallest absolute Gasteiger partial charge is 0.247 e. The number of anilines is 4. The van der Waals surface area contributed by atoms with Gasteiger partial charge in [-0.25, -0.2) is 4.98 Å². The van der Waals surface area contributed by atoms with Crippen LogP contribution < -0.4 is 25.0 Å². The molecular formula is C28H38ClN7O4. The van der Waals surface area contributed by atoms with Gasteiger partial charge in [-0.3, -0.25) is 9.59 Å². The third-order valence-electron chi connectivity index (χ3n) is 7.36. The number of nitrogens with one attached hydrogen (secondary N) is 2. The number of carbonyl (C=O) groups is 2. The number of hydrogen-bond acceptors (Lipinski definition) is 9. The second-order valence-electron chi connectivity index (χ2n) is 10.3. The Morgan fingerprint density at radius 3 is 2.58 bits per heavy atom. The number of carbonyl (C=O) groups excluding carboxylic acids is 2. The molecule has 0 radical (unpaired) electrons. The standard InChI is InChI=1S/C28H38ClN7O4/c1-6-26(38)31-22-14-23(25(39-5)15-24(22)35-12-9-19(10-13-35)34(3)4)32-28-30-16-21(29)27(33-28)40-20-8-7-11-36(17-20)18(2)37/h6,14-16,19-20H,1,7-13,17H2,2-5H3,(H,31,38)(H,30,32,33). The van der Waals surface area contributed by atoms with Gasteiger partial charge in [-0.15, -0.1) is 0 Å². The molecule has 2 aliphatic heterocycles. The second kappa shape index (κ2) is 13.2. The van der Waals surface area contributed by atoms with Gasteiger partial charge in [0.2, 0.25) is 23.6 Å². The monoisotopic (exact) mass is 571 g/mol. The summed E-state index contributed by atoms with van der Waals surface area (Å²) >= 11 is 6.36. The molecule has 2 amide bonds. The average Bonchev–Trinajstić information content (AvgIpc) is 2.95. The summed E-state index contributed by atoms with van der Waals surface area (Å²) in [6.45, 7) is 8.03. The zero-order valence-corrected chi connectivity index (χ0v) is 24.3. The van der Waals surface area contributed by atoms with Gasteiger partial charge in [0.25, 0.3) is 0 Å². The summed E-state index contributed by atoms with van der Waals surface area (Å²) in [6.07, 6.45) is 6.14. The molecule has 4 rings (SSSR count). The van der Waals surface area contributed by atoms with E-state index in [2.05, 4.69) is 51.1 Å². The number of rotatable bonds is 9. The van der Waals surface area contributed by atoms with Crippen LogP contribution in [-0.4, -0.2) is 91.1 Å². The highest BCUT2D eigenvalue weighted by Crippen LogP contribution is 2.39. The van der Waals surface area contributed by atoms with Crippen LogP contribution in [-0.2, 0) is 9.59 Å². The Kier molecular flexibility index (Phi) is 9.70. The first-order chi connectivity index (χ1) is 19.2. The molecule has 1 aromatic carbocycles. The van der Waals surface area contributed by atoms with Crippen LogP contribution in [0.15, 0.2) is 31.0 Å². The fourth-order valence-corrected chi connectivity index (χ4v) is 5.23. The van der Waals surface area contributed by atoms with Gasteiger partial charge in [0.15, 0.2) is 0 Å². The van der Waals surface area contributed by atoms with Gasteiger partial charge in [-0.05, 0) is 51.9 Å². The van der Waals surface area contributed by atoms with Crippen LogP contribution in [0.1, 0.15) is 32.6 Å². The molecule has 2 saturated heterocycles. The number of likely N-dealkylation sites (tertiary alicyclic amines) is 1. The van der Waals surface area contributed by atoms with Crippen LogP contribution in [0.5, 0.6) is 11.6 Å². The number of nitrogens with zero attached hydrogens (tertiary/aromatic N) is 5. The van der Waals surface area contributed by atoms with Crippen molar-refractivity contribution < 1.29 is 19.1 Å². The molecular weight excluding hydrogens is 534 g/mol. The normalized spacial score (nSPS) is 17.9. The van der Waals surface area contributed by atoms with Crippen molar-refractivity contribution in [3.8, 4) is 11.6 Å². The highest BCUT2D eigenvalue weighted by molar-refractivity contribution is 6.31. The van der Waals surface area contributed by atoms with E-state index >= 15 is 0 Å². The Hall–Kier alpha value is -3.57. The number of hydrogen-bond donors (Lipinski definition) is 2. The summed E-state index contributed by atoms with van der Waals surface area (Å²) in [7, 11) is 5.79. The molecule has 2 N–H and O–H groups in total. The number of amides is 2. The number of halogens is 1. The molecule has 1 atom stereocenters. The Morgan fingerprint density at radius 1 is 1.18 bits per heavy atom. The van der Waals surface area contributed by atoms with E-state index in [0.717, 1.165) is 44.5 Å². The van der Waals surface area contributed by atoms with Crippen LogP contribution in [0.3, 0.4) is 0 Å². The number of ether oxygens (including phenoxy) is 2. The lowest BCUT2D eigenvalue weighted by Crippen LogP contribution is -2.43. The van der Waals surface area contributed by atoms with E-state index in [9.17, 15) is 9.59 Å². The summed E-state index contributed by atoms with van der Waals surface area (Å²) in [5, 5.41) is 6.39. The summed E-state index contributed by atoms with van der Waals surface area (Å²) in [6, 6.07) is 4.23. The van der Waals surface area contributed by atoms with Crippen molar-refractivity contribution in [1.29, 1.82) is 0 Å². The van der Waals surface area contributed by atoms with Gasteiger partial charge in [0.1, 0.15) is 16.9 Å². The van der Waals surface area contributed by atoms with Crippen LogP contribution in [0.4, 0.5) is 23.0 Å². The predicted molar refractivity (Wildman–Crippen MR) is 157 cm³/mol.